The number of benzene rings is 2. The Hall–Kier alpha value is -3.15. The first-order valence-corrected chi connectivity index (χ1v) is 9.33. The SMILES string of the molecule is Cc1noc(C)c1CCC(=O)NCC(Cc1ccc2ccccc2c1)C(=O)O. The van der Waals surface area contributed by atoms with Crippen LogP contribution in [0.4, 0.5) is 0 Å². The Kier molecular flexibility index (Phi) is 6.09. The number of nitrogens with zero attached hydrogens (tertiary/aromatic N) is 1. The van der Waals surface area contributed by atoms with Gasteiger partial charge in [-0.15, -0.1) is 0 Å². The number of carboxylic acids is 1. The van der Waals surface area contributed by atoms with Crippen molar-refractivity contribution in [2.45, 2.75) is 33.1 Å². The van der Waals surface area contributed by atoms with Crippen LogP contribution < -0.4 is 5.32 Å². The molecule has 1 unspecified atom stereocenters. The highest BCUT2D eigenvalue weighted by Crippen LogP contribution is 2.18. The second-order valence-corrected chi connectivity index (χ2v) is 7.03. The van der Waals surface area contributed by atoms with E-state index in [9.17, 15) is 14.7 Å². The van der Waals surface area contributed by atoms with Crippen LogP contribution in [0.5, 0.6) is 0 Å². The molecule has 0 spiro atoms. The van der Waals surface area contributed by atoms with Crippen molar-refractivity contribution < 1.29 is 19.2 Å². The summed E-state index contributed by atoms with van der Waals surface area (Å²) in [6.07, 6.45) is 1.16. The van der Waals surface area contributed by atoms with Crippen LogP contribution in [-0.4, -0.2) is 28.7 Å². The molecule has 0 saturated carbocycles. The molecule has 0 bridgehead atoms. The lowest BCUT2D eigenvalue weighted by atomic mass is 9.97. The van der Waals surface area contributed by atoms with Crippen molar-refractivity contribution in [3.05, 3.63) is 65.0 Å². The van der Waals surface area contributed by atoms with Crippen LogP contribution in [0.2, 0.25) is 0 Å². The number of aromatic nitrogens is 1. The maximum Gasteiger partial charge on any atom is 0.308 e. The van der Waals surface area contributed by atoms with Crippen molar-refractivity contribution in [3.8, 4) is 0 Å². The lowest BCUT2D eigenvalue weighted by Crippen LogP contribution is -2.34. The molecule has 1 aromatic heterocycles. The van der Waals surface area contributed by atoms with Gasteiger partial charge in [-0.1, -0.05) is 47.6 Å². The first-order chi connectivity index (χ1) is 13.4. The summed E-state index contributed by atoms with van der Waals surface area (Å²) in [7, 11) is 0. The molecule has 28 heavy (non-hydrogen) atoms. The van der Waals surface area contributed by atoms with E-state index in [1.165, 1.54) is 0 Å². The summed E-state index contributed by atoms with van der Waals surface area (Å²) in [5.74, 6) is -1.06. The average Bonchev–Trinajstić information content (AvgIpc) is 3.00. The van der Waals surface area contributed by atoms with Crippen molar-refractivity contribution in [1.29, 1.82) is 0 Å². The topological polar surface area (TPSA) is 92.4 Å². The van der Waals surface area contributed by atoms with E-state index < -0.39 is 11.9 Å². The first-order valence-electron chi connectivity index (χ1n) is 9.33. The van der Waals surface area contributed by atoms with E-state index in [0.717, 1.165) is 27.6 Å². The summed E-state index contributed by atoms with van der Waals surface area (Å²) in [5, 5.41) is 18.4. The smallest absolute Gasteiger partial charge is 0.308 e. The predicted molar refractivity (Wildman–Crippen MR) is 106 cm³/mol. The Labute approximate surface area is 163 Å². The third-order valence-electron chi connectivity index (χ3n) is 4.97. The Morgan fingerprint density at radius 1 is 1.14 bits per heavy atom. The Bertz CT molecular complexity index is 974. The third-order valence-corrected chi connectivity index (χ3v) is 4.97. The fraction of sp³-hybridized carbons (Fsp3) is 0.318. The van der Waals surface area contributed by atoms with Crippen LogP contribution in [-0.2, 0) is 22.4 Å². The number of rotatable bonds is 8. The van der Waals surface area contributed by atoms with Crippen molar-refractivity contribution in [1.82, 2.24) is 10.5 Å². The zero-order valence-electron chi connectivity index (χ0n) is 16.1. The van der Waals surface area contributed by atoms with Gasteiger partial charge in [0.05, 0.1) is 11.6 Å². The fourth-order valence-corrected chi connectivity index (χ4v) is 3.32. The monoisotopic (exact) mass is 380 g/mol. The van der Waals surface area contributed by atoms with Crippen LogP contribution in [0.15, 0.2) is 47.0 Å². The minimum Gasteiger partial charge on any atom is -0.481 e. The molecule has 146 valence electrons. The van der Waals surface area contributed by atoms with E-state index in [-0.39, 0.29) is 18.9 Å². The van der Waals surface area contributed by atoms with Gasteiger partial charge in [-0.2, -0.15) is 0 Å². The molecule has 0 aliphatic heterocycles. The summed E-state index contributed by atoms with van der Waals surface area (Å²) in [6.45, 7) is 3.76. The number of fused-ring (bicyclic) bond motifs is 1. The number of hydrogen-bond acceptors (Lipinski definition) is 4. The Morgan fingerprint density at radius 3 is 2.57 bits per heavy atom. The van der Waals surface area contributed by atoms with Gasteiger partial charge in [-0.25, -0.2) is 0 Å². The summed E-state index contributed by atoms with van der Waals surface area (Å²) in [5.41, 5.74) is 2.65. The number of amides is 1. The molecule has 2 N–H and O–H groups in total. The third kappa shape index (κ3) is 4.76. The molecule has 2 aromatic carbocycles. The van der Waals surface area contributed by atoms with Gasteiger partial charge >= 0.3 is 5.97 Å². The number of aryl methyl sites for hydroxylation is 2. The Morgan fingerprint density at radius 2 is 1.89 bits per heavy atom. The molecule has 0 radical (unpaired) electrons. The summed E-state index contributed by atoms with van der Waals surface area (Å²) in [6, 6.07) is 13.9. The zero-order chi connectivity index (χ0) is 20.1. The van der Waals surface area contributed by atoms with Crippen molar-refractivity contribution in [2.24, 2.45) is 5.92 Å². The van der Waals surface area contributed by atoms with Crippen molar-refractivity contribution in [3.63, 3.8) is 0 Å². The van der Waals surface area contributed by atoms with Crippen LogP contribution in [0, 0.1) is 19.8 Å². The number of aliphatic carboxylic acids is 1. The van der Waals surface area contributed by atoms with Crippen LogP contribution in [0.3, 0.4) is 0 Å². The fourth-order valence-electron chi connectivity index (χ4n) is 3.32. The van der Waals surface area contributed by atoms with E-state index >= 15 is 0 Å². The molecule has 1 amide bonds. The maximum atomic E-state index is 12.2. The van der Waals surface area contributed by atoms with Crippen molar-refractivity contribution >= 4 is 22.6 Å². The largest absolute Gasteiger partial charge is 0.481 e. The standard InChI is InChI=1S/C22H24N2O4/c1-14-20(15(2)28-24-14)9-10-21(25)23-13-19(22(26)27)12-16-7-8-17-5-3-4-6-18(17)11-16/h3-8,11,19H,9-10,12-13H2,1-2H3,(H,23,25)(H,26,27). The van der Waals surface area contributed by atoms with Crippen LogP contribution in [0.1, 0.15) is 29.0 Å². The molecule has 0 aliphatic carbocycles. The van der Waals surface area contributed by atoms with Gasteiger partial charge in [0.15, 0.2) is 0 Å². The molecule has 0 saturated heterocycles. The van der Waals surface area contributed by atoms with Gasteiger partial charge in [0, 0.05) is 18.5 Å². The predicted octanol–water partition coefficient (Wildman–Crippen LogP) is 3.44. The number of carbonyl (C=O) groups is 2. The second kappa shape index (κ2) is 8.69. The lowest BCUT2D eigenvalue weighted by molar-refractivity contribution is -0.141. The summed E-state index contributed by atoms with van der Waals surface area (Å²) >= 11 is 0. The number of carbonyl (C=O) groups excluding carboxylic acids is 1. The summed E-state index contributed by atoms with van der Waals surface area (Å²) in [4.78, 5) is 23.8. The minimum absolute atomic E-state index is 0.0998. The van der Waals surface area contributed by atoms with E-state index in [4.69, 9.17) is 4.52 Å². The molecule has 3 rings (SSSR count). The molecular formula is C22H24N2O4. The number of hydrogen-bond donors (Lipinski definition) is 2. The van der Waals surface area contributed by atoms with Gasteiger partial charge in [0.25, 0.3) is 0 Å². The highest BCUT2D eigenvalue weighted by molar-refractivity contribution is 5.83. The van der Waals surface area contributed by atoms with Gasteiger partial charge in [-0.3, -0.25) is 9.59 Å². The van der Waals surface area contributed by atoms with E-state index in [2.05, 4.69) is 10.5 Å². The molecule has 0 fully saturated rings. The highest BCUT2D eigenvalue weighted by Gasteiger charge is 2.19. The molecule has 1 heterocycles. The maximum absolute atomic E-state index is 12.2. The summed E-state index contributed by atoms with van der Waals surface area (Å²) < 4.78 is 5.09. The average molecular weight is 380 g/mol. The molecular weight excluding hydrogens is 356 g/mol. The van der Waals surface area contributed by atoms with Gasteiger partial charge < -0.3 is 14.9 Å². The van der Waals surface area contributed by atoms with Gasteiger partial charge in [0.1, 0.15) is 5.76 Å². The zero-order valence-corrected chi connectivity index (χ0v) is 16.1. The van der Waals surface area contributed by atoms with Crippen LogP contribution in [0.25, 0.3) is 10.8 Å². The minimum atomic E-state index is -0.917. The van der Waals surface area contributed by atoms with E-state index in [0.29, 0.717) is 18.6 Å². The molecule has 1 atom stereocenters. The second-order valence-electron chi connectivity index (χ2n) is 7.03. The quantitative estimate of drug-likeness (QED) is 0.624. The molecule has 0 aliphatic rings. The first kappa shape index (κ1) is 19.6. The van der Waals surface area contributed by atoms with E-state index in [1.54, 1.807) is 0 Å². The Balaban J connectivity index is 1.56. The lowest BCUT2D eigenvalue weighted by Gasteiger charge is -2.14. The molecule has 3 aromatic rings. The van der Waals surface area contributed by atoms with Gasteiger partial charge in [0.2, 0.25) is 5.91 Å². The van der Waals surface area contributed by atoms with Crippen molar-refractivity contribution in [2.75, 3.05) is 6.54 Å². The van der Waals surface area contributed by atoms with Gasteiger partial charge in [-0.05, 0) is 43.0 Å². The molecule has 6 nitrogen and oxygen atoms in total. The highest BCUT2D eigenvalue weighted by atomic mass is 16.5. The normalized spacial score (nSPS) is 12.1. The van der Waals surface area contributed by atoms with E-state index in [1.807, 2.05) is 56.3 Å². The number of nitrogens with one attached hydrogen (secondary N) is 1. The van der Waals surface area contributed by atoms with Crippen LogP contribution >= 0.6 is 0 Å². The molecule has 6 heteroatoms. The number of carboxylic acid groups (broad SMARTS) is 1.